The van der Waals surface area contributed by atoms with E-state index in [0.29, 0.717) is 33.5 Å². The Bertz CT molecular complexity index is 1090. The van der Waals surface area contributed by atoms with Crippen molar-refractivity contribution in [1.29, 1.82) is 5.26 Å². The van der Waals surface area contributed by atoms with Crippen LogP contribution in [-0.2, 0) is 14.3 Å². The third-order valence-corrected chi connectivity index (χ3v) is 5.83. The molecule has 0 bridgehead atoms. The Balaban J connectivity index is 1.98. The standard InChI is InChI=1S/C23H23N3O5S/c1-4-30-19(27)13-32-23-15(12-24)21(18-10-7-11-31-18)20(14(2)25-23)22(28)26-16-8-5-6-9-17(16)29-3/h5-11,15,21H,4,13H2,1-3H3,(H,26,28)/t15?,21-/m1/s1. The molecule has 0 fully saturated rings. The molecule has 1 aliphatic heterocycles. The monoisotopic (exact) mass is 453 g/mol. The molecule has 2 aromatic rings. The zero-order chi connectivity index (χ0) is 23.1. The quantitative estimate of drug-likeness (QED) is 0.627. The Morgan fingerprint density at radius 1 is 1.28 bits per heavy atom. The number of esters is 1. The highest BCUT2D eigenvalue weighted by Gasteiger charge is 2.40. The number of aliphatic imine (C=N–C) groups is 1. The van der Waals surface area contributed by atoms with E-state index in [2.05, 4.69) is 16.4 Å². The van der Waals surface area contributed by atoms with Gasteiger partial charge in [-0.2, -0.15) is 5.26 Å². The van der Waals surface area contributed by atoms with Crippen LogP contribution in [0.3, 0.4) is 0 Å². The van der Waals surface area contributed by atoms with Gasteiger partial charge in [0.2, 0.25) is 0 Å². The number of rotatable bonds is 7. The molecule has 0 radical (unpaired) electrons. The molecule has 166 valence electrons. The van der Waals surface area contributed by atoms with E-state index in [0.717, 1.165) is 11.8 Å². The first kappa shape index (κ1) is 23.2. The molecule has 1 aromatic heterocycles. The molecule has 1 amide bonds. The van der Waals surface area contributed by atoms with Gasteiger partial charge in [0.15, 0.2) is 0 Å². The zero-order valence-corrected chi connectivity index (χ0v) is 18.8. The van der Waals surface area contributed by atoms with Crippen LogP contribution in [0.25, 0.3) is 0 Å². The van der Waals surface area contributed by atoms with E-state index in [9.17, 15) is 14.9 Å². The van der Waals surface area contributed by atoms with Gasteiger partial charge in [0.25, 0.3) is 5.91 Å². The number of allylic oxidation sites excluding steroid dienone is 1. The van der Waals surface area contributed by atoms with Gasteiger partial charge in [-0.25, -0.2) is 4.99 Å². The number of hydrogen-bond donors (Lipinski definition) is 1. The highest BCUT2D eigenvalue weighted by molar-refractivity contribution is 8.14. The van der Waals surface area contributed by atoms with Crippen molar-refractivity contribution in [2.75, 3.05) is 24.8 Å². The van der Waals surface area contributed by atoms with Crippen molar-refractivity contribution in [3.8, 4) is 11.8 Å². The predicted octanol–water partition coefficient (Wildman–Crippen LogP) is 4.13. The van der Waals surface area contributed by atoms with E-state index in [1.54, 1.807) is 50.2 Å². The number of methoxy groups -OCH3 is 1. The van der Waals surface area contributed by atoms with Crippen LogP contribution >= 0.6 is 11.8 Å². The van der Waals surface area contributed by atoms with Crippen LogP contribution < -0.4 is 10.1 Å². The predicted molar refractivity (Wildman–Crippen MR) is 121 cm³/mol. The largest absolute Gasteiger partial charge is 0.495 e. The number of benzene rings is 1. The lowest BCUT2D eigenvalue weighted by molar-refractivity contribution is -0.139. The fourth-order valence-electron chi connectivity index (χ4n) is 3.43. The van der Waals surface area contributed by atoms with Crippen LogP contribution in [0, 0.1) is 17.2 Å². The van der Waals surface area contributed by atoms with E-state index in [-0.39, 0.29) is 12.4 Å². The van der Waals surface area contributed by atoms with Crippen molar-refractivity contribution in [2.45, 2.75) is 19.8 Å². The second-order valence-electron chi connectivity index (χ2n) is 6.80. The Kier molecular flexibility index (Phi) is 7.73. The zero-order valence-electron chi connectivity index (χ0n) is 18.0. The van der Waals surface area contributed by atoms with Gasteiger partial charge in [0.05, 0.1) is 54.0 Å². The molecule has 32 heavy (non-hydrogen) atoms. The van der Waals surface area contributed by atoms with Gasteiger partial charge in [-0.3, -0.25) is 9.59 Å². The van der Waals surface area contributed by atoms with Crippen LogP contribution in [-0.4, -0.2) is 36.4 Å². The van der Waals surface area contributed by atoms with Gasteiger partial charge < -0.3 is 19.2 Å². The third kappa shape index (κ3) is 5.03. The minimum Gasteiger partial charge on any atom is -0.495 e. The highest BCUT2D eigenvalue weighted by Crippen LogP contribution is 2.42. The molecule has 0 aliphatic carbocycles. The smallest absolute Gasteiger partial charge is 0.316 e. The summed E-state index contributed by atoms with van der Waals surface area (Å²) in [6.45, 7) is 3.70. The van der Waals surface area contributed by atoms with Gasteiger partial charge in [-0.15, -0.1) is 0 Å². The SMILES string of the molecule is CCOC(=O)CSC1=NC(C)=C(C(=O)Nc2ccccc2OC)[C@@H](c2ccco2)C1C#N. The number of thioether (sulfide) groups is 1. The normalized spacial score (nSPS) is 17.9. The summed E-state index contributed by atoms with van der Waals surface area (Å²) in [5, 5.41) is 13.3. The summed E-state index contributed by atoms with van der Waals surface area (Å²) in [5.41, 5.74) is 1.26. The van der Waals surface area contributed by atoms with Gasteiger partial charge in [0, 0.05) is 5.70 Å². The summed E-state index contributed by atoms with van der Waals surface area (Å²) in [7, 11) is 1.52. The van der Waals surface area contributed by atoms with E-state index < -0.39 is 23.7 Å². The number of nitriles is 1. The van der Waals surface area contributed by atoms with Crippen molar-refractivity contribution >= 4 is 34.4 Å². The molecule has 0 saturated heterocycles. The summed E-state index contributed by atoms with van der Waals surface area (Å²) >= 11 is 1.13. The maximum Gasteiger partial charge on any atom is 0.316 e. The summed E-state index contributed by atoms with van der Waals surface area (Å²) < 4.78 is 15.9. The second-order valence-corrected chi connectivity index (χ2v) is 7.79. The number of ether oxygens (including phenoxy) is 2. The molecule has 2 atom stereocenters. The Labute approximate surface area is 190 Å². The summed E-state index contributed by atoms with van der Waals surface area (Å²) in [5.74, 6) is -1.30. The van der Waals surface area contributed by atoms with Gasteiger partial charge in [-0.1, -0.05) is 23.9 Å². The lowest BCUT2D eigenvalue weighted by atomic mass is 9.81. The second kappa shape index (κ2) is 10.7. The summed E-state index contributed by atoms with van der Waals surface area (Å²) in [6.07, 6.45) is 1.49. The van der Waals surface area contributed by atoms with Crippen molar-refractivity contribution in [3.63, 3.8) is 0 Å². The number of hydrogen-bond acceptors (Lipinski definition) is 8. The Hall–Kier alpha value is -3.51. The average Bonchev–Trinajstić information content (AvgIpc) is 3.32. The van der Waals surface area contributed by atoms with Gasteiger partial charge in [0.1, 0.15) is 17.4 Å². The fraction of sp³-hybridized carbons (Fsp3) is 0.304. The number of para-hydroxylation sites is 2. The first-order valence-corrected chi connectivity index (χ1v) is 10.9. The Morgan fingerprint density at radius 2 is 2.06 bits per heavy atom. The molecule has 0 spiro atoms. The molecule has 0 saturated carbocycles. The van der Waals surface area contributed by atoms with Crippen LogP contribution in [0.15, 0.2) is 63.3 Å². The van der Waals surface area contributed by atoms with Crippen molar-refractivity contribution < 1.29 is 23.5 Å². The maximum absolute atomic E-state index is 13.3. The molecular formula is C23H23N3O5S. The van der Waals surface area contributed by atoms with Crippen LogP contribution in [0.5, 0.6) is 5.75 Å². The number of carbonyl (C=O) groups excluding carboxylic acids is 2. The Morgan fingerprint density at radius 3 is 2.72 bits per heavy atom. The van der Waals surface area contributed by atoms with Crippen molar-refractivity contribution in [1.82, 2.24) is 0 Å². The summed E-state index contributed by atoms with van der Waals surface area (Å²) in [4.78, 5) is 29.7. The number of nitrogens with zero attached hydrogens (tertiary/aromatic N) is 2. The molecule has 3 rings (SSSR count). The minimum absolute atomic E-state index is 0.0196. The number of carbonyl (C=O) groups is 2. The van der Waals surface area contributed by atoms with E-state index >= 15 is 0 Å². The number of anilines is 1. The highest BCUT2D eigenvalue weighted by atomic mass is 32.2. The van der Waals surface area contributed by atoms with E-state index in [1.165, 1.54) is 13.4 Å². The number of nitrogens with one attached hydrogen (secondary N) is 1. The van der Waals surface area contributed by atoms with Gasteiger partial charge in [-0.05, 0) is 38.1 Å². The first-order chi connectivity index (χ1) is 15.5. The van der Waals surface area contributed by atoms with Gasteiger partial charge >= 0.3 is 5.97 Å². The molecule has 1 aromatic carbocycles. The molecule has 1 unspecified atom stereocenters. The van der Waals surface area contributed by atoms with Crippen LogP contribution in [0.2, 0.25) is 0 Å². The molecule has 1 aliphatic rings. The number of furan rings is 1. The van der Waals surface area contributed by atoms with Crippen LogP contribution in [0.1, 0.15) is 25.5 Å². The first-order valence-electron chi connectivity index (χ1n) is 9.95. The lowest BCUT2D eigenvalue weighted by Crippen LogP contribution is -2.31. The average molecular weight is 454 g/mol. The topological polar surface area (TPSA) is 114 Å². The van der Waals surface area contributed by atoms with E-state index in [1.807, 2.05) is 0 Å². The van der Waals surface area contributed by atoms with Crippen molar-refractivity contribution in [2.24, 2.45) is 10.9 Å². The molecular weight excluding hydrogens is 430 g/mol. The molecule has 8 nitrogen and oxygen atoms in total. The van der Waals surface area contributed by atoms with Crippen LogP contribution in [0.4, 0.5) is 5.69 Å². The maximum atomic E-state index is 13.3. The minimum atomic E-state index is -0.803. The lowest BCUT2D eigenvalue weighted by Gasteiger charge is -2.28. The number of amides is 1. The summed E-state index contributed by atoms with van der Waals surface area (Å²) in [6, 6.07) is 12.7. The van der Waals surface area contributed by atoms with E-state index in [4.69, 9.17) is 13.9 Å². The molecule has 1 N–H and O–H groups in total. The molecule has 9 heteroatoms. The molecule has 2 heterocycles. The fourth-order valence-corrected chi connectivity index (χ4v) is 4.35. The van der Waals surface area contributed by atoms with Crippen molar-refractivity contribution in [3.05, 3.63) is 59.7 Å². The third-order valence-electron chi connectivity index (χ3n) is 4.81.